The number of nitrogens with zero attached hydrogens (tertiary/aromatic N) is 9. The van der Waals surface area contributed by atoms with E-state index < -0.39 is 5.97 Å². The second kappa shape index (κ2) is 15.3. The number of fused-ring (bicyclic) bond motifs is 3. The molecule has 4 saturated carbocycles. The molecule has 14 heteroatoms. The number of carboxylic acid groups (broad SMARTS) is 1. The summed E-state index contributed by atoms with van der Waals surface area (Å²) in [5.74, 6) is 3.49. The molecule has 11 rings (SSSR count). The number of hydrogen-bond acceptors (Lipinski definition) is 12. The number of aromatic carboxylic acids is 1. The van der Waals surface area contributed by atoms with Crippen LogP contribution in [0.2, 0.25) is 0 Å². The van der Waals surface area contributed by atoms with E-state index >= 15 is 0 Å². The third kappa shape index (κ3) is 7.15. The number of carboxylic acids is 1. The molecule has 0 spiro atoms. The maximum absolute atomic E-state index is 12.9. The van der Waals surface area contributed by atoms with Gasteiger partial charge in [0.1, 0.15) is 5.82 Å². The Morgan fingerprint density at radius 3 is 2.62 bits per heavy atom. The number of para-hydroxylation sites is 1. The van der Waals surface area contributed by atoms with Crippen LogP contribution in [0.5, 0.6) is 0 Å². The van der Waals surface area contributed by atoms with Gasteiger partial charge in [0.05, 0.1) is 28.6 Å². The second-order valence-corrected chi connectivity index (χ2v) is 18.8. The summed E-state index contributed by atoms with van der Waals surface area (Å²) in [6, 6.07) is 11.9. The Morgan fingerprint density at radius 2 is 1.79 bits per heavy atom. The van der Waals surface area contributed by atoms with Gasteiger partial charge < -0.3 is 25.0 Å². The molecular formula is C44H54N10O3S. The molecule has 6 aliphatic rings. The minimum Gasteiger partial charge on any atom is -0.476 e. The van der Waals surface area contributed by atoms with E-state index in [2.05, 4.69) is 57.0 Å². The van der Waals surface area contributed by atoms with E-state index in [-0.39, 0.29) is 11.3 Å². The van der Waals surface area contributed by atoms with Crippen molar-refractivity contribution in [3.63, 3.8) is 0 Å². The molecule has 4 aromatic heterocycles. The van der Waals surface area contributed by atoms with E-state index in [1.807, 2.05) is 41.4 Å². The van der Waals surface area contributed by atoms with Crippen LogP contribution in [0.25, 0.3) is 21.3 Å². The SMILES string of the molecule is Cc1c(Nc2nc3ccccc3s2)nnc2c1CCCN2c1ccc(-c2cnn(CC3CC4CC5CC3CC(OCCN3CCN(C)CC3)(C4)C5)c2C)c(C(=O)O)n1. The van der Waals surface area contributed by atoms with Crippen LogP contribution in [0.3, 0.4) is 0 Å². The quantitative estimate of drug-likeness (QED) is 0.138. The highest BCUT2D eigenvalue weighted by Crippen LogP contribution is 2.57. The minimum atomic E-state index is -1.06. The van der Waals surface area contributed by atoms with Gasteiger partial charge in [-0.3, -0.25) is 9.58 Å². The number of rotatable bonds is 11. The summed E-state index contributed by atoms with van der Waals surface area (Å²) in [7, 11) is 2.21. The number of aromatic nitrogens is 6. The number of hydrogen-bond donors (Lipinski definition) is 2. The molecule has 5 unspecified atom stereocenters. The fourth-order valence-corrected chi connectivity index (χ4v) is 12.0. The molecule has 1 saturated heterocycles. The van der Waals surface area contributed by atoms with Crippen LogP contribution < -0.4 is 10.2 Å². The highest BCUT2D eigenvalue weighted by molar-refractivity contribution is 7.22. The Labute approximate surface area is 343 Å². The molecule has 13 nitrogen and oxygen atoms in total. The topological polar surface area (TPSA) is 138 Å². The largest absolute Gasteiger partial charge is 0.476 e. The van der Waals surface area contributed by atoms with E-state index in [1.165, 1.54) is 32.1 Å². The average Bonchev–Trinajstić information content (AvgIpc) is 3.74. The van der Waals surface area contributed by atoms with Gasteiger partial charge in [0.25, 0.3) is 0 Å². The lowest BCUT2D eigenvalue weighted by Crippen LogP contribution is -2.48. The van der Waals surface area contributed by atoms with Gasteiger partial charge in [0.15, 0.2) is 22.5 Å². The zero-order valence-electron chi connectivity index (χ0n) is 33.9. The first-order valence-electron chi connectivity index (χ1n) is 21.3. The van der Waals surface area contributed by atoms with Crippen molar-refractivity contribution in [2.24, 2.45) is 23.7 Å². The van der Waals surface area contributed by atoms with Gasteiger partial charge in [0.2, 0.25) is 0 Å². The molecule has 1 aromatic carbocycles. The molecule has 58 heavy (non-hydrogen) atoms. The third-order valence-corrected chi connectivity index (χ3v) is 15.0. The van der Waals surface area contributed by atoms with Crippen molar-refractivity contribution < 1.29 is 14.6 Å². The van der Waals surface area contributed by atoms with Crippen LogP contribution in [0.4, 0.5) is 22.6 Å². The van der Waals surface area contributed by atoms with Crippen LogP contribution in [0.15, 0.2) is 42.6 Å². The highest BCUT2D eigenvalue weighted by atomic mass is 32.1. The molecular weight excluding hydrogens is 749 g/mol. The van der Waals surface area contributed by atoms with E-state index in [0.29, 0.717) is 47.3 Å². The second-order valence-electron chi connectivity index (χ2n) is 17.8. The summed E-state index contributed by atoms with van der Waals surface area (Å²) in [6.07, 6.45) is 11.0. The number of thiazole rings is 1. The molecule has 6 heterocycles. The molecule has 5 atom stereocenters. The summed E-state index contributed by atoms with van der Waals surface area (Å²) >= 11 is 1.58. The first kappa shape index (κ1) is 37.7. The molecule has 2 aliphatic heterocycles. The molecule has 304 valence electrons. The fourth-order valence-electron chi connectivity index (χ4n) is 11.2. The summed E-state index contributed by atoms with van der Waals surface area (Å²) in [6.45, 7) is 12.1. The molecule has 4 bridgehead atoms. The van der Waals surface area contributed by atoms with Gasteiger partial charge in [-0.1, -0.05) is 23.5 Å². The number of benzene rings is 1. The molecule has 4 aliphatic carbocycles. The fraction of sp³-hybridized carbons (Fsp3) is 0.545. The molecule has 5 aromatic rings. The van der Waals surface area contributed by atoms with E-state index in [1.54, 1.807) is 11.3 Å². The van der Waals surface area contributed by atoms with Crippen LogP contribution in [-0.2, 0) is 17.7 Å². The first-order valence-corrected chi connectivity index (χ1v) is 22.1. The number of ether oxygens (including phenoxy) is 1. The van der Waals surface area contributed by atoms with Crippen molar-refractivity contribution in [3.8, 4) is 11.1 Å². The number of nitrogens with one attached hydrogen (secondary N) is 1. The van der Waals surface area contributed by atoms with Crippen LogP contribution >= 0.6 is 11.3 Å². The molecule has 0 amide bonds. The normalized spacial score (nSPS) is 25.9. The third-order valence-electron chi connectivity index (χ3n) is 14.0. The van der Waals surface area contributed by atoms with Gasteiger partial charge >= 0.3 is 5.97 Å². The van der Waals surface area contributed by atoms with E-state index in [4.69, 9.17) is 19.8 Å². The molecule has 2 N–H and O–H groups in total. The monoisotopic (exact) mass is 802 g/mol. The zero-order chi connectivity index (χ0) is 39.5. The van der Waals surface area contributed by atoms with E-state index in [0.717, 1.165) is 109 Å². The van der Waals surface area contributed by atoms with Crippen molar-refractivity contribution in [2.45, 2.75) is 77.4 Å². The van der Waals surface area contributed by atoms with Gasteiger partial charge in [-0.25, -0.2) is 14.8 Å². The summed E-state index contributed by atoms with van der Waals surface area (Å²) in [4.78, 5) is 29.4. The maximum Gasteiger partial charge on any atom is 0.355 e. The Hall–Kier alpha value is -4.50. The maximum atomic E-state index is 12.9. The average molecular weight is 803 g/mol. The summed E-state index contributed by atoms with van der Waals surface area (Å²) in [5, 5.41) is 28.9. The Bertz CT molecular complexity index is 2300. The van der Waals surface area contributed by atoms with Gasteiger partial charge in [-0.05, 0) is 120 Å². The number of pyridine rings is 1. The number of anilines is 4. The number of likely N-dealkylation sites (N-methyl/N-ethyl adjacent to an activating group) is 1. The van der Waals surface area contributed by atoms with Crippen molar-refractivity contribution in [1.82, 2.24) is 39.7 Å². The van der Waals surface area contributed by atoms with Gasteiger partial charge in [0, 0.05) is 73.8 Å². The van der Waals surface area contributed by atoms with Crippen molar-refractivity contribution in [3.05, 3.63) is 65.1 Å². The number of carbonyl (C=O) groups is 1. The van der Waals surface area contributed by atoms with Crippen molar-refractivity contribution >= 4 is 50.1 Å². The van der Waals surface area contributed by atoms with E-state index in [9.17, 15) is 9.90 Å². The summed E-state index contributed by atoms with van der Waals surface area (Å²) < 4.78 is 10.2. The van der Waals surface area contributed by atoms with Gasteiger partial charge in [-0.15, -0.1) is 10.2 Å². The Kier molecular flexibility index (Phi) is 9.94. The summed E-state index contributed by atoms with van der Waals surface area (Å²) in [5.41, 5.74) is 5.47. The van der Waals surface area contributed by atoms with Crippen LogP contribution in [-0.4, -0.2) is 109 Å². The van der Waals surface area contributed by atoms with Crippen molar-refractivity contribution in [1.29, 1.82) is 0 Å². The predicted molar refractivity (Wildman–Crippen MR) is 226 cm³/mol. The number of piperazine rings is 1. The highest BCUT2D eigenvalue weighted by Gasteiger charge is 2.52. The lowest BCUT2D eigenvalue weighted by molar-refractivity contribution is -0.128. The lowest BCUT2D eigenvalue weighted by atomic mass is 9.64. The molecule has 5 fully saturated rings. The first-order chi connectivity index (χ1) is 28.2. The Balaban J connectivity index is 0.851. The minimum absolute atomic E-state index is 0.0205. The molecule has 0 radical (unpaired) electrons. The van der Waals surface area contributed by atoms with Crippen LogP contribution in [0.1, 0.15) is 72.3 Å². The van der Waals surface area contributed by atoms with Gasteiger partial charge in [-0.2, -0.15) is 5.10 Å². The van der Waals surface area contributed by atoms with Crippen LogP contribution in [0, 0.1) is 37.5 Å². The predicted octanol–water partition coefficient (Wildman–Crippen LogP) is 7.34. The Morgan fingerprint density at radius 1 is 0.966 bits per heavy atom. The smallest absolute Gasteiger partial charge is 0.355 e. The zero-order valence-corrected chi connectivity index (χ0v) is 34.7. The van der Waals surface area contributed by atoms with Crippen molar-refractivity contribution in [2.75, 3.05) is 63.1 Å². The standard InChI is InChI=1S/C44H54N10O3S/c1-27-33-7-6-12-53(41(33)50-49-40(27)48-43-46-36-8-4-5-9-37(36)58-43)38-11-10-34(39(47-38)42(55)56)35-25-45-54(28(35)2)26-32-21-30-19-29-20-31(32)24-44(22-29,23-30)57-18-17-52-15-13-51(3)14-16-52/h4-5,8-11,25,29-32H,6-7,12-24,26H2,1-3H3,(H,55,56)(H,46,48,49). The lowest BCUT2D eigenvalue weighted by Gasteiger charge is -2.48.